The fraction of sp³-hybridized carbons (Fsp3) is 0.750. The molecule has 0 aromatic heterocycles. The SMILES string of the molecule is C=CC(CCC)CNC(=O)OC(C)(C)C. The molecule has 1 amide bonds. The van der Waals surface area contributed by atoms with Gasteiger partial charge >= 0.3 is 6.09 Å². The van der Waals surface area contributed by atoms with Gasteiger partial charge in [0.2, 0.25) is 0 Å². The third kappa shape index (κ3) is 8.03. The molecule has 1 atom stereocenters. The second-order valence-corrected chi connectivity index (χ2v) is 4.67. The number of alkyl carbamates (subject to hydrolysis) is 1. The zero-order valence-electron chi connectivity index (χ0n) is 10.3. The molecule has 15 heavy (non-hydrogen) atoms. The number of carbonyl (C=O) groups excluding carboxylic acids is 1. The summed E-state index contributed by atoms with van der Waals surface area (Å²) in [4.78, 5) is 11.3. The molecule has 88 valence electrons. The standard InChI is InChI=1S/C12H23NO2/c1-6-8-10(7-2)9-13-11(14)15-12(3,4)5/h7,10H,2,6,8-9H2,1,3-5H3,(H,13,14). The molecule has 3 nitrogen and oxygen atoms in total. The molecule has 0 bridgehead atoms. The van der Waals surface area contributed by atoms with Crippen LogP contribution < -0.4 is 5.32 Å². The summed E-state index contributed by atoms with van der Waals surface area (Å²) in [5.41, 5.74) is -0.432. The fourth-order valence-corrected chi connectivity index (χ4v) is 1.20. The number of rotatable bonds is 5. The Morgan fingerprint density at radius 1 is 1.53 bits per heavy atom. The summed E-state index contributed by atoms with van der Waals surface area (Å²) in [6, 6.07) is 0. The third-order valence-electron chi connectivity index (χ3n) is 1.90. The highest BCUT2D eigenvalue weighted by Gasteiger charge is 2.16. The van der Waals surface area contributed by atoms with Crippen LogP contribution in [0.25, 0.3) is 0 Å². The molecule has 0 saturated carbocycles. The molecule has 1 unspecified atom stereocenters. The lowest BCUT2D eigenvalue weighted by molar-refractivity contribution is 0.0522. The lowest BCUT2D eigenvalue weighted by Crippen LogP contribution is -2.34. The van der Waals surface area contributed by atoms with Crippen LogP contribution in [0.3, 0.4) is 0 Å². The summed E-state index contributed by atoms with van der Waals surface area (Å²) in [7, 11) is 0. The molecule has 0 aromatic rings. The Balaban J connectivity index is 3.83. The lowest BCUT2D eigenvalue weighted by Gasteiger charge is -2.20. The predicted molar refractivity (Wildman–Crippen MR) is 62.8 cm³/mol. The Labute approximate surface area is 92.9 Å². The van der Waals surface area contributed by atoms with E-state index in [1.807, 2.05) is 26.8 Å². The van der Waals surface area contributed by atoms with Gasteiger partial charge in [-0.05, 0) is 33.1 Å². The summed E-state index contributed by atoms with van der Waals surface area (Å²) in [5.74, 6) is 0.336. The number of nitrogens with one attached hydrogen (secondary N) is 1. The van der Waals surface area contributed by atoms with E-state index in [1.54, 1.807) is 0 Å². The van der Waals surface area contributed by atoms with E-state index >= 15 is 0 Å². The van der Waals surface area contributed by atoms with Crippen molar-refractivity contribution >= 4 is 6.09 Å². The topological polar surface area (TPSA) is 38.3 Å². The molecule has 0 rings (SSSR count). The molecule has 0 aliphatic heterocycles. The smallest absolute Gasteiger partial charge is 0.407 e. The van der Waals surface area contributed by atoms with Gasteiger partial charge in [-0.3, -0.25) is 0 Å². The Kier molecular flexibility index (Phi) is 6.06. The minimum atomic E-state index is -0.432. The van der Waals surface area contributed by atoms with E-state index in [9.17, 15) is 4.79 Å². The molecule has 0 spiro atoms. The minimum absolute atomic E-state index is 0.336. The molecule has 0 aliphatic rings. The van der Waals surface area contributed by atoms with Gasteiger partial charge in [-0.1, -0.05) is 19.4 Å². The first-order chi connectivity index (χ1) is 6.89. The van der Waals surface area contributed by atoms with Gasteiger partial charge < -0.3 is 10.1 Å². The van der Waals surface area contributed by atoms with Crippen LogP contribution in [0.4, 0.5) is 4.79 Å². The number of ether oxygens (including phenoxy) is 1. The highest BCUT2D eigenvalue weighted by molar-refractivity contribution is 5.67. The normalized spacial score (nSPS) is 13.1. The molecule has 0 saturated heterocycles. The van der Waals surface area contributed by atoms with Crippen LogP contribution in [0.2, 0.25) is 0 Å². The number of hydrogen-bond donors (Lipinski definition) is 1. The van der Waals surface area contributed by atoms with Crippen molar-refractivity contribution in [3.8, 4) is 0 Å². The summed E-state index contributed by atoms with van der Waals surface area (Å²) < 4.78 is 5.13. The second-order valence-electron chi connectivity index (χ2n) is 4.67. The van der Waals surface area contributed by atoms with Crippen LogP contribution in [-0.4, -0.2) is 18.2 Å². The molecule has 0 aliphatic carbocycles. The number of amides is 1. The van der Waals surface area contributed by atoms with Crippen molar-refractivity contribution in [1.29, 1.82) is 0 Å². The summed E-state index contributed by atoms with van der Waals surface area (Å²) in [5, 5.41) is 2.74. The quantitative estimate of drug-likeness (QED) is 0.713. The van der Waals surface area contributed by atoms with Crippen LogP contribution in [0.5, 0.6) is 0 Å². The van der Waals surface area contributed by atoms with Gasteiger partial charge in [-0.25, -0.2) is 4.79 Å². The van der Waals surface area contributed by atoms with Gasteiger partial charge in [0, 0.05) is 6.54 Å². The maximum atomic E-state index is 11.3. The first-order valence-corrected chi connectivity index (χ1v) is 5.48. The molecular weight excluding hydrogens is 190 g/mol. The summed E-state index contributed by atoms with van der Waals surface area (Å²) >= 11 is 0. The van der Waals surface area contributed by atoms with Gasteiger partial charge in [-0.15, -0.1) is 6.58 Å². The van der Waals surface area contributed by atoms with E-state index in [1.165, 1.54) is 0 Å². The fourth-order valence-electron chi connectivity index (χ4n) is 1.20. The first kappa shape index (κ1) is 14.0. The van der Waals surface area contributed by atoms with Gasteiger partial charge in [-0.2, -0.15) is 0 Å². The summed E-state index contributed by atoms with van der Waals surface area (Å²) in [6.07, 6.45) is 3.65. The molecular formula is C12H23NO2. The van der Waals surface area contributed by atoms with Crippen molar-refractivity contribution in [3.05, 3.63) is 12.7 Å². The van der Waals surface area contributed by atoms with Crippen molar-refractivity contribution in [3.63, 3.8) is 0 Å². The van der Waals surface area contributed by atoms with Gasteiger partial charge in [0.1, 0.15) is 5.60 Å². The lowest BCUT2D eigenvalue weighted by atomic mass is 10.0. The molecule has 0 fully saturated rings. The van der Waals surface area contributed by atoms with Crippen molar-refractivity contribution in [2.45, 2.75) is 46.1 Å². The van der Waals surface area contributed by atoms with E-state index in [2.05, 4.69) is 18.8 Å². The highest BCUT2D eigenvalue weighted by atomic mass is 16.6. The molecule has 0 aromatic carbocycles. The van der Waals surface area contributed by atoms with E-state index in [0.717, 1.165) is 12.8 Å². The van der Waals surface area contributed by atoms with E-state index in [-0.39, 0.29) is 6.09 Å². The minimum Gasteiger partial charge on any atom is -0.444 e. The van der Waals surface area contributed by atoms with Crippen LogP contribution in [0.15, 0.2) is 12.7 Å². The van der Waals surface area contributed by atoms with Crippen LogP contribution in [-0.2, 0) is 4.74 Å². The average molecular weight is 213 g/mol. The monoisotopic (exact) mass is 213 g/mol. The highest BCUT2D eigenvalue weighted by Crippen LogP contribution is 2.08. The Morgan fingerprint density at radius 2 is 2.13 bits per heavy atom. The maximum absolute atomic E-state index is 11.3. The number of carbonyl (C=O) groups is 1. The van der Waals surface area contributed by atoms with Gasteiger partial charge in [0.05, 0.1) is 0 Å². The second kappa shape index (κ2) is 6.49. The van der Waals surface area contributed by atoms with Crippen molar-refractivity contribution in [1.82, 2.24) is 5.32 Å². The van der Waals surface area contributed by atoms with Crippen molar-refractivity contribution in [2.75, 3.05) is 6.54 Å². The molecule has 0 radical (unpaired) electrons. The zero-order chi connectivity index (χ0) is 11.9. The largest absolute Gasteiger partial charge is 0.444 e. The molecule has 1 N–H and O–H groups in total. The summed E-state index contributed by atoms with van der Waals surface area (Å²) in [6.45, 7) is 12.0. The Bertz CT molecular complexity index is 206. The van der Waals surface area contributed by atoms with Crippen molar-refractivity contribution in [2.24, 2.45) is 5.92 Å². The van der Waals surface area contributed by atoms with E-state index in [0.29, 0.717) is 12.5 Å². The van der Waals surface area contributed by atoms with E-state index < -0.39 is 5.60 Å². The van der Waals surface area contributed by atoms with Crippen LogP contribution >= 0.6 is 0 Å². The zero-order valence-corrected chi connectivity index (χ0v) is 10.3. The predicted octanol–water partition coefficient (Wildman–Crippen LogP) is 3.11. The molecule has 3 heteroatoms. The number of hydrogen-bond acceptors (Lipinski definition) is 2. The first-order valence-electron chi connectivity index (χ1n) is 5.48. The maximum Gasteiger partial charge on any atom is 0.407 e. The van der Waals surface area contributed by atoms with Crippen LogP contribution in [0.1, 0.15) is 40.5 Å². The van der Waals surface area contributed by atoms with Gasteiger partial charge in [0.15, 0.2) is 0 Å². The van der Waals surface area contributed by atoms with E-state index in [4.69, 9.17) is 4.74 Å². The Morgan fingerprint density at radius 3 is 2.53 bits per heavy atom. The average Bonchev–Trinajstić information content (AvgIpc) is 2.09. The van der Waals surface area contributed by atoms with Crippen molar-refractivity contribution < 1.29 is 9.53 Å². The van der Waals surface area contributed by atoms with Crippen LogP contribution in [0, 0.1) is 5.92 Å². The molecule has 0 heterocycles. The third-order valence-corrected chi connectivity index (χ3v) is 1.90. The Hall–Kier alpha value is -0.990. The van der Waals surface area contributed by atoms with Gasteiger partial charge in [0.25, 0.3) is 0 Å².